The largest absolute Gasteiger partial charge is 0.372 e. The van der Waals surface area contributed by atoms with Gasteiger partial charge in [-0.15, -0.1) is 0 Å². The lowest BCUT2D eigenvalue weighted by Gasteiger charge is -2.37. The van der Waals surface area contributed by atoms with E-state index in [1.54, 1.807) is 18.2 Å². The van der Waals surface area contributed by atoms with Crippen LogP contribution < -0.4 is 15.5 Å². The van der Waals surface area contributed by atoms with E-state index >= 15 is 0 Å². The number of halogens is 1. The van der Waals surface area contributed by atoms with Crippen LogP contribution in [0.15, 0.2) is 133 Å². The summed E-state index contributed by atoms with van der Waals surface area (Å²) in [5.74, 6) is -0.428. The maximum absolute atomic E-state index is 13.5. The second-order valence-corrected chi connectivity index (χ2v) is 11.5. The number of carbonyl (C=O) groups excluding carboxylic acids is 2. The van der Waals surface area contributed by atoms with E-state index < -0.39 is 0 Å². The van der Waals surface area contributed by atoms with Crippen molar-refractivity contribution in [3.8, 4) is 11.1 Å². The summed E-state index contributed by atoms with van der Waals surface area (Å²) >= 11 is 0. The van der Waals surface area contributed by atoms with Gasteiger partial charge in [-0.1, -0.05) is 91.0 Å². The van der Waals surface area contributed by atoms with Gasteiger partial charge >= 0.3 is 0 Å². The summed E-state index contributed by atoms with van der Waals surface area (Å²) in [7, 11) is 0. The predicted molar refractivity (Wildman–Crippen MR) is 179 cm³/mol. The number of anilines is 2. The first-order valence-corrected chi connectivity index (χ1v) is 15.4. The average molecular weight is 598 g/mol. The Morgan fingerprint density at radius 2 is 1.36 bits per heavy atom. The van der Waals surface area contributed by atoms with Gasteiger partial charge in [0, 0.05) is 36.6 Å². The molecule has 5 nitrogen and oxygen atoms in total. The van der Waals surface area contributed by atoms with Gasteiger partial charge in [-0.25, -0.2) is 4.39 Å². The molecule has 5 aromatic rings. The van der Waals surface area contributed by atoms with Crippen molar-refractivity contribution in [2.24, 2.45) is 5.92 Å². The maximum atomic E-state index is 13.5. The Balaban J connectivity index is 1.09. The molecule has 1 fully saturated rings. The minimum absolute atomic E-state index is 0.0737. The topological polar surface area (TPSA) is 61.4 Å². The summed E-state index contributed by atoms with van der Waals surface area (Å²) in [6, 6.07) is 41.5. The Morgan fingerprint density at radius 1 is 0.733 bits per heavy atom. The van der Waals surface area contributed by atoms with Crippen LogP contribution in [-0.2, 0) is 11.3 Å². The highest BCUT2D eigenvalue weighted by molar-refractivity contribution is 6.08. The van der Waals surface area contributed by atoms with Crippen molar-refractivity contribution in [1.82, 2.24) is 5.32 Å². The molecule has 1 heterocycles. The van der Waals surface area contributed by atoms with Crippen LogP contribution in [0, 0.1) is 11.7 Å². The van der Waals surface area contributed by atoms with E-state index in [-0.39, 0.29) is 29.5 Å². The van der Waals surface area contributed by atoms with Crippen LogP contribution in [0.3, 0.4) is 0 Å². The Hall–Kier alpha value is -5.23. The minimum Gasteiger partial charge on any atom is -0.372 e. The maximum Gasteiger partial charge on any atom is 0.256 e. The first-order valence-electron chi connectivity index (χ1n) is 15.4. The standard InChI is InChI=1S/C39H36FN3O2/c40-32-17-15-29(16-18-32)35-13-7-8-14-36(35)38(44)42-33-19-21-34(22-20-33)43-25-23-31(24-26-43)37(30-11-5-2-6-12-30)39(45)41-27-28-9-3-1-4-10-28/h1-22,31,37H,23-27H2,(H,41,45)(H,42,44). The number of benzene rings is 5. The Kier molecular flexibility index (Phi) is 9.30. The zero-order valence-electron chi connectivity index (χ0n) is 25.0. The molecule has 6 rings (SSSR count). The monoisotopic (exact) mass is 597 g/mol. The van der Waals surface area contributed by atoms with Crippen LogP contribution in [0.1, 0.15) is 40.2 Å². The van der Waals surface area contributed by atoms with Crippen molar-refractivity contribution in [3.63, 3.8) is 0 Å². The van der Waals surface area contributed by atoms with Gasteiger partial charge in [0.25, 0.3) is 5.91 Å². The lowest BCUT2D eigenvalue weighted by atomic mass is 9.79. The van der Waals surface area contributed by atoms with Crippen molar-refractivity contribution in [3.05, 3.63) is 156 Å². The molecular weight excluding hydrogens is 561 g/mol. The molecule has 226 valence electrons. The van der Waals surface area contributed by atoms with Crippen molar-refractivity contribution < 1.29 is 14.0 Å². The van der Waals surface area contributed by atoms with E-state index in [0.29, 0.717) is 17.8 Å². The molecule has 6 heteroatoms. The van der Waals surface area contributed by atoms with Gasteiger partial charge in [0.2, 0.25) is 5.91 Å². The van der Waals surface area contributed by atoms with Crippen LogP contribution in [0.25, 0.3) is 11.1 Å². The van der Waals surface area contributed by atoms with Crippen LogP contribution in [0.2, 0.25) is 0 Å². The average Bonchev–Trinajstić information content (AvgIpc) is 3.09. The molecule has 1 aliphatic rings. The first kappa shape index (κ1) is 29.8. The van der Waals surface area contributed by atoms with Gasteiger partial charge in [0.1, 0.15) is 5.82 Å². The fourth-order valence-corrected chi connectivity index (χ4v) is 6.20. The number of piperidine rings is 1. The van der Waals surface area contributed by atoms with Gasteiger partial charge in [0.15, 0.2) is 0 Å². The molecule has 5 aromatic carbocycles. The van der Waals surface area contributed by atoms with E-state index in [2.05, 4.69) is 27.7 Å². The first-order chi connectivity index (χ1) is 22.0. The fourth-order valence-electron chi connectivity index (χ4n) is 6.20. The molecule has 0 bridgehead atoms. The third-order valence-electron chi connectivity index (χ3n) is 8.58. The number of hydrogen-bond donors (Lipinski definition) is 2. The molecule has 2 amide bonds. The molecule has 0 spiro atoms. The van der Waals surface area contributed by atoms with E-state index in [1.165, 1.54) is 12.1 Å². The van der Waals surface area contributed by atoms with Gasteiger partial charge in [0.05, 0.1) is 5.92 Å². The van der Waals surface area contributed by atoms with Gasteiger partial charge in [-0.3, -0.25) is 9.59 Å². The lowest BCUT2D eigenvalue weighted by molar-refractivity contribution is -0.124. The van der Waals surface area contributed by atoms with Crippen LogP contribution in [-0.4, -0.2) is 24.9 Å². The Morgan fingerprint density at radius 3 is 2.04 bits per heavy atom. The molecule has 0 saturated carbocycles. The van der Waals surface area contributed by atoms with Crippen molar-refractivity contribution in [2.75, 3.05) is 23.3 Å². The smallest absolute Gasteiger partial charge is 0.256 e. The highest BCUT2D eigenvalue weighted by atomic mass is 19.1. The number of rotatable bonds is 9. The van der Waals surface area contributed by atoms with E-state index in [4.69, 9.17) is 0 Å². The number of nitrogens with zero attached hydrogens (tertiary/aromatic N) is 1. The van der Waals surface area contributed by atoms with E-state index in [0.717, 1.165) is 53.9 Å². The molecule has 0 aliphatic carbocycles. The van der Waals surface area contributed by atoms with E-state index in [9.17, 15) is 14.0 Å². The van der Waals surface area contributed by atoms with Gasteiger partial charge < -0.3 is 15.5 Å². The number of nitrogens with one attached hydrogen (secondary N) is 2. The number of hydrogen-bond acceptors (Lipinski definition) is 3. The Bertz CT molecular complexity index is 1720. The lowest BCUT2D eigenvalue weighted by Crippen LogP contribution is -2.40. The summed E-state index contributed by atoms with van der Waals surface area (Å²) in [6.45, 7) is 2.20. The van der Waals surface area contributed by atoms with Crippen LogP contribution >= 0.6 is 0 Å². The van der Waals surface area contributed by atoms with Gasteiger partial charge in [-0.05, 0) is 83.5 Å². The Labute approximate surface area is 263 Å². The zero-order valence-corrected chi connectivity index (χ0v) is 25.0. The normalized spacial score (nSPS) is 14.0. The highest BCUT2D eigenvalue weighted by Crippen LogP contribution is 2.35. The SMILES string of the molecule is O=C(Nc1ccc(N2CCC(C(C(=O)NCc3ccccc3)c3ccccc3)CC2)cc1)c1ccccc1-c1ccc(F)cc1. The molecule has 1 saturated heterocycles. The molecule has 0 radical (unpaired) electrons. The second-order valence-electron chi connectivity index (χ2n) is 11.5. The molecule has 2 N–H and O–H groups in total. The molecule has 0 aromatic heterocycles. The molecule has 1 unspecified atom stereocenters. The second kappa shape index (κ2) is 14.0. The fraction of sp³-hybridized carbons (Fsp3) is 0.179. The number of carbonyl (C=O) groups is 2. The van der Waals surface area contributed by atoms with E-state index in [1.807, 2.05) is 91.0 Å². The van der Waals surface area contributed by atoms with Crippen LogP contribution in [0.5, 0.6) is 0 Å². The summed E-state index contributed by atoms with van der Waals surface area (Å²) < 4.78 is 13.5. The van der Waals surface area contributed by atoms with Gasteiger partial charge in [-0.2, -0.15) is 0 Å². The quantitative estimate of drug-likeness (QED) is 0.181. The molecule has 1 atom stereocenters. The molecule has 45 heavy (non-hydrogen) atoms. The van der Waals surface area contributed by atoms with Crippen molar-refractivity contribution in [1.29, 1.82) is 0 Å². The van der Waals surface area contributed by atoms with Crippen molar-refractivity contribution >= 4 is 23.2 Å². The number of amides is 2. The predicted octanol–water partition coefficient (Wildman–Crippen LogP) is 8.06. The molecule has 1 aliphatic heterocycles. The third kappa shape index (κ3) is 7.29. The summed E-state index contributed by atoms with van der Waals surface area (Å²) in [5.41, 5.74) is 5.98. The summed E-state index contributed by atoms with van der Waals surface area (Å²) in [6.07, 6.45) is 1.80. The zero-order chi connectivity index (χ0) is 31.0. The summed E-state index contributed by atoms with van der Waals surface area (Å²) in [4.78, 5) is 29.1. The molecular formula is C39H36FN3O2. The van der Waals surface area contributed by atoms with Crippen molar-refractivity contribution in [2.45, 2.75) is 25.3 Å². The third-order valence-corrected chi connectivity index (χ3v) is 8.58. The highest BCUT2D eigenvalue weighted by Gasteiger charge is 2.32. The summed E-state index contributed by atoms with van der Waals surface area (Å²) in [5, 5.41) is 6.19. The van der Waals surface area contributed by atoms with Crippen LogP contribution in [0.4, 0.5) is 15.8 Å². The minimum atomic E-state index is -0.314.